The topological polar surface area (TPSA) is 80.5 Å². The third kappa shape index (κ3) is 2.25. The third-order valence-electron chi connectivity index (χ3n) is 4.54. The molecule has 0 bridgehead atoms. The zero-order valence-corrected chi connectivity index (χ0v) is 13.2. The van der Waals surface area contributed by atoms with Crippen molar-refractivity contribution in [3.05, 3.63) is 28.7 Å². The van der Waals surface area contributed by atoms with E-state index in [9.17, 15) is 5.26 Å². The SMILES string of the molecule is CCn1ncc(-c2c(C#N)c(N)nc3c2CCCCC3)c1C. The molecule has 3 rings (SSSR count). The van der Waals surface area contributed by atoms with Crippen LogP contribution >= 0.6 is 0 Å². The molecule has 2 aromatic heterocycles. The van der Waals surface area contributed by atoms with Gasteiger partial charge in [0.15, 0.2) is 0 Å². The molecule has 2 N–H and O–H groups in total. The Hall–Kier alpha value is -2.35. The quantitative estimate of drug-likeness (QED) is 0.864. The van der Waals surface area contributed by atoms with Crippen LogP contribution in [0.25, 0.3) is 11.1 Å². The molecule has 5 nitrogen and oxygen atoms in total. The first-order valence-corrected chi connectivity index (χ1v) is 7.91. The van der Waals surface area contributed by atoms with Crippen molar-refractivity contribution in [3.8, 4) is 17.2 Å². The van der Waals surface area contributed by atoms with Crippen LogP contribution in [0.1, 0.15) is 48.7 Å². The number of anilines is 1. The van der Waals surface area contributed by atoms with Gasteiger partial charge in [-0.25, -0.2) is 4.98 Å². The number of nitrogens with two attached hydrogens (primary N) is 1. The van der Waals surface area contributed by atoms with Gasteiger partial charge in [0.25, 0.3) is 0 Å². The van der Waals surface area contributed by atoms with Gasteiger partial charge in [-0.05, 0) is 45.1 Å². The molecule has 0 saturated carbocycles. The Kier molecular flexibility index (Phi) is 3.84. The van der Waals surface area contributed by atoms with Crippen LogP contribution in [0.15, 0.2) is 6.20 Å². The number of nitriles is 1. The number of pyridine rings is 1. The Morgan fingerprint density at radius 2 is 2.09 bits per heavy atom. The Bertz CT molecular complexity index is 751. The van der Waals surface area contributed by atoms with E-state index in [1.54, 1.807) is 0 Å². The molecule has 0 aliphatic heterocycles. The molecule has 0 aromatic carbocycles. The predicted molar refractivity (Wildman–Crippen MR) is 86.3 cm³/mol. The first kappa shape index (κ1) is 14.6. The fourth-order valence-corrected chi connectivity index (χ4v) is 3.36. The van der Waals surface area contributed by atoms with Gasteiger partial charge in [0.05, 0.1) is 6.20 Å². The third-order valence-corrected chi connectivity index (χ3v) is 4.54. The summed E-state index contributed by atoms with van der Waals surface area (Å²) in [5.74, 6) is 0.349. The summed E-state index contributed by atoms with van der Waals surface area (Å²) in [5, 5.41) is 14.0. The highest BCUT2D eigenvalue weighted by Crippen LogP contribution is 2.36. The zero-order valence-electron chi connectivity index (χ0n) is 13.2. The molecule has 0 atom stereocenters. The monoisotopic (exact) mass is 295 g/mol. The summed E-state index contributed by atoms with van der Waals surface area (Å²) < 4.78 is 1.95. The second-order valence-corrected chi connectivity index (χ2v) is 5.80. The van der Waals surface area contributed by atoms with Gasteiger partial charge in [-0.15, -0.1) is 0 Å². The second-order valence-electron chi connectivity index (χ2n) is 5.80. The van der Waals surface area contributed by atoms with E-state index in [-0.39, 0.29) is 0 Å². The minimum Gasteiger partial charge on any atom is -0.383 e. The highest BCUT2D eigenvalue weighted by molar-refractivity contribution is 5.80. The van der Waals surface area contributed by atoms with Gasteiger partial charge >= 0.3 is 0 Å². The van der Waals surface area contributed by atoms with Crippen molar-refractivity contribution < 1.29 is 0 Å². The summed E-state index contributed by atoms with van der Waals surface area (Å²) in [6.07, 6.45) is 7.24. The Balaban J connectivity index is 2.31. The summed E-state index contributed by atoms with van der Waals surface area (Å²) in [6.45, 7) is 4.93. The Morgan fingerprint density at radius 1 is 1.32 bits per heavy atom. The first-order chi connectivity index (χ1) is 10.7. The van der Waals surface area contributed by atoms with Crippen LogP contribution in [0.2, 0.25) is 0 Å². The maximum absolute atomic E-state index is 9.59. The van der Waals surface area contributed by atoms with Gasteiger partial charge in [-0.2, -0.15) is 10.4 Å². The number of hydrogen-bond acceptors (Lipinski definition) is 4. The van der Waals surface area contributed by atoms with E-state index in [0.717, 1.165) is 54.7 Å². The van der Waals surface area contributed by atoms with E-state index >= 15 is 0 Å². The van der Waals surface area contributed by atoms with Gasteiger partial charge < -0.3 is 5.73 Å². The van der Waals surface area contributed by atoms with E-state index in [2.05, 4.69) is 23.1 Å². The molecular formula is C17H21N5. The lowest BCUT2D eigenvalue weighted by atomic mass is 9.92. The lowest BCUT2D eigenvalue weighted by molar-refractivity contribution is 0.640. The van der Waals surface area contributed by atoms with Crippen molar-refractivity contribution in [1.29, 1.82) is 5.26 Å². The molecule has 1 aliphatic carbocycles. The molecule has 0 saturated heterocycles. The standard InChI is InChI=1S/C17H21N5/c1-3-22-11(2)14(10-20-22)16-12-7-5-4-6-8-15(12)21-17(19)13(16)9-18/h10H,3-8H2,1-2H3,(H2,19,21). The number of aryl methyl sites for hydroxylation is 2. The van der Waals surface area contributed by atoms with Crippen LogP contribution in [-0.2, 0) is 19.4 Å². The number of rotatable bonds is 2. The summed E-state index contributed by atoms with van der Waals surface area (Å²) >= 11 is 0. The first-order valence-electron chi connectivity index (χ1n) is 7.91. The fourth-order valence-electron chi connectivity index (χ4n) is 3.36. The van der Waals surface area contributed by atoms with Crippen LogP contribution in [0, 0.1) is 18.3 Å². The predicted octanol–water partition coefficient (Wildman–Crippen LogP) is 3.00. The van der Waals surface area contributed by atoms with Gasteiger partial charge in [-0.1, -0.05) is 6.42 Å². The van der Waals surface area contributed by atoms with Crippen molar-refractivity contribution in [2.45, 2.75) is 52.5 Å². The largest absolute Gasteiger partial charge is 0.383 e. The highest BCUT2D eigenvalue weighted by atomic mass is 15.3. The molecule has 5 heteroatoms. The normalized spacial score (nSPS) is 14.2. The molecule has 114 valence electrons. The molecular weight excluding hydrogens is 274 g/mol. The lowest BCUT2D eigenvalue weighted by Crippen LogP contribution is -2.07. The molecule has 0 radical (unpaired) electrons. The summed E-state index contributed by atoms with van der Waals surface area (Å²) in [7, 11) is 0. The van der Waals surface area contributed by atoms with Gasteiger partial charge in [0.2, 0.25) is 0 Å². The van der Waals surface area contributed by atoms with Crippen molar-refractivity contribution >= 4 is 5.82 Å². The average molecular weight is 295 g/mol. The Labute approximate surface area is 130 Å². The summed E-state index contributed by atoms with van der Waals surface area (Å²) in [5.41, 5.74) is 11.9. The minimum atomic E-state index is 0.349. The number of aromatic nitrogens is 3. The number of nitrogen functional groups attached to an aromatic ring is 1. The van der Waals surface area contributed by atoms with Gasteiger partial charge in [0, 0.05) is 29.1 Å². The van der Waals surface area contributed by atoms with Crippen LogP contribution in [0.3, 0.4) is 0 Å². The van der Waals surface area contributed by atoms with Crippen molar-refractivity contribution in [2.24, 2.45) is 0 Å². The van der Waals surface area contributed by atoms with E-state index in [1.165, 1.54) is 12.0 Å². The van der Waals surface area contributed by atoms with Crippen LogP contribution in [0.4, 0.5) is 5.82 Å². The maximum Gasteiger partial charge on any atom is 0.142 e. The number of hydrogen-bond donors (Lipinski definition) is 1. The maximum atomic E-state index is 9.59. The molecule has 22 heavy (non-hydrogen) atoms. The smallest absolute Gasteiger partial charge is 0.142 e. The van der Waals surface area contributed by atoms with E-state index in [0.29, 0.717) is 11.4 Å². The number of fused-ring (bicyclic) bond motifs is 1. The molecule has 2 heterocycles. The average Bonchev–Trinajstić information content (AvgIpc) is 2.72. The molecule has 1 aliphatic rings. The zero-order chi connectivity index (χ0) is 15.7. The highest BCUT2D eigenvalue weighted by Gasteiger charge is 2.23. The fraction of sp³-hybridized carbons (Fsp3) is 0.471. The molecule has 0 amide bonds. The van der Waals surface area contributed by atoms with E-state index < -0.39 is 0 Å². The lowest BCUT2D eigenvalue weighted by Gasteiger charge is -2.15. The molecule has 0 spiro atoms. The van der Waals surface area contributed by atoms with Crippen LogP contribution in [-0.4, -0.2) is 14.8 Å². The van der Waals surface area contributed by atoms with E-state index in [4.69, 9.17) is 5.73 Å². The minimum absolute atomic E-state index is 0.349. The van der Waals surface area contributed by atoms with Gasteiger partial charge in [-0.3, -0.25) is 4.68 Å². The van der Waals surface area contributed by atoms with Crippen molar-refractivity contribution in [3.63, 3.8) is 0 Å². The summed E-state index contributed by atoms with van der Waals surface area (Å²) in [4.78, 5) is 4.52. The van der Waals surface area contributed by atoms with Crippen LogP contribution < -0.4 is 5.73 Å². The van der Waals surface area contributed by atoms with E-state index in [1.807, 2.05) is 17.8 Å². The van der Waals surface area contributed by atoms with Crippen molar-refractivity contribution in [1.82, 2.24) is 14.8 Å². The number of nitrogens with zero attached hydrogens (tertiary/aromatic N) is 4. The Morgan fingerprint density at radius 3 is 2.77 bits per heavy atom. The molecule has 0 fully saturated rings. The van der Waals surface area contributed by atoms with Crippen molar-refractivity contribution in [2.75, 3.05) is 5.73 Å². The second kappa shape index (κ2) is 5.80. The van der Waals surface area contributed by atoms with Gasteiger partial charge in [0.1, 0.15) is 17.5 Å². The summed E-state index contributed by atoms with van der Waals surface area (Å²) in [6, 6.07) is 2.26. The molecule has 0 unspecified atom stereocenters. The molecule has 2 aromatic rings. The van der Waals surface area contributed by atoms with Crippen LogP contribution in [0.5, 0.6) is 0 Å².